The summed E-state index contributed by atoms with van der Waals surface area (Å²) in [5, 5.41) is 3.31. The third-order valence-electron chi connectivity index (χ3n) is 3.52. The van der Waals surface area contributed by atoms with Crippen molar-refractivity contribution >= 4 is 23.4 Å². The largest absolute Gasteiger partial charge is 0.338 e. The van der Waals surface area contributed by atoms with Gasteiger partial charge in [-0.1, -0.05) is 41.9 Å². The molecular formula is C16H14ClN3O2. The maximum absolute atomic E-state index is 12.3. The Bertz CT molecular complexity index is 688. The van der Waals surface area contributed by atoms with Crippen LogP contribution in [0.2, 0.25) is 5.02 Å². The van der Waals surface area contributed by atoms with E-state index in [1.165, 1.54) is 0 Å². The number of hydrazine groups is 1. The molecule has 0 bridgehead atoms. The summed E-state index contributed by atoms with van der Waals surface area (Å²) in [6.07, 6.45) is 0. The van der Waals surface area contributed by atoms with Gasteiger partial charge in [-0.05, 0) is 29.8 Å². The molecule has 0 aliphatic carbocycles. The van der Waals surface area contributed by atoms with E-state index in [1.807, 2.05) is 30.3 Å². The zero-order valence-corrected chi connectivity index (χ0v) is 12.3. The van der Waals surface area contributed by atoms with Gasteiger partial charge in [0.15, 0.2) is 0 Å². The first kappa shape index (κ1) is 14.6. The molecule has 6 heteroatoms. The molecule has 0 spiro atoms. The normalized spacial score (nSPS) is 20.5. The van der Waals surface area contributed by atoms with Crippen molar-refractivity contribution in [3.63, 3.8) is 0 Å². The first-order valence-electron chi connectivity index (χ1n) is 6.82. The molecule has 0 saturated carbocycles. The quantitative estimate of drug-likeness (QED) is 0.809. The van der Waals surface area contributed by atoms with Crippen LogP contribution in [0, 0.1) is 0 Å². The van der Waals surface area contributed by atoms with E-state index < -0.39 is 6.04 Å². The molecule has 1 aliphatic rings. The topological polar surface area (TPSA) is 70.2 Å². The van der Waals surface area contributed by atoms with E-state index in [0.717, 1.165) is 5.56 Å². The molecule has 2 amide bonds. The molecular weight excluding hydrogens is 302 g/mol. The van der Waals surface area contributed by atoms with Crippen LogP contribution in [0.3, 0.4) is 0 Å². The Morgan fingerprint density at radius 2 is 1.73 bits per heavy atom. The van der Waals surface area contributed by atoms with Gasteiger partial charge in [-0.15, -0.1) is 0 Å². The lowest BCUT2D eigenvalue weighted by Crippen LogP contribution is -2.42. The lowest BCUT2D eigenvalue weighted by atomic mass is 10.0. The van der Waals surface area contributed by atoms with Crippen molar-refractivity contribution in [2.24, 2.45) is 0 Å². The average Bonchev–Trinajstić information content (AvgIpc) is 2.90. The van der Waals surface area contributed by atoms with Gasteiger partial charge in [0.2, 0.25) is 0 Å². The van der Waals surface area contributed by atoms with E-state index in [9.17, 15) is 9.59 Å². The van der Waals surface area contributed by atoms with Gasteiger partial charge in [0.05, 0.1) is 6.04 Å². The smallest absolute Gasteiger partial charge is 0.258 e. The molecule has 3 N–H and O–H groups in total. The molecule has 112 valence electrons. The minimum atomic E-state index is -0.675. The number of hydrogen-bond acceptors (Lipinski definition) is 3. The van der Waals surface area contributed by atoms with Crippen LogP contribution in [0.5, 0.6) is 0 Å². The maximum Gasteiger partial charge on any atom is 0.258 e. The Morgan fingerprint density at radius 1 is 1.05 bits per heavy atom. The number of halogens is 1. The molecule has 22 heavy (non-hydrogen) atoms. The number of amides is 2. The van der Waals surface area contributed by atoms with Crippen LogP contribution in [0.15, 0.2) is 54.6 Å². The van der Waals surface area contributed by atoms with E-state index >= 15 is 0 Å². The monoisotopic (exact) mass is 315 g/mol. The fourth-order valence-corrected chi connectivity index (χ4v) is 2.50. The van der Waals surface area contributed by atoms with E-state index in [1.54, 1.807) is 24.3 Å². The Hall–Kier alpha value is -2.37. The third-order valence-corrected chi connectivity index (χ3v) is 3.77. The average molecular weight is 316 g/mol. The van der Waals surface area contributed by atoms with Crippen LogP contribution >= 0.6 is 11.6 Å². The number of nitrogens with one attached hydrogen (secondary N) is 3. The van der Waals surface area contributed by atoms with E-state index in [0.29, 0.717) is 10.6 Å². The molecule has 1 fully saturated rings. The molecule has 2 aromatic carbocycles. The SMILES string of the molecule is O=C(N[C@H]1C(=O)NN[C@H]1c1ccccc1)c1ccc(Cl)cc1. The fourth-order valence-electron chi connectivity index (χ4n) is 2.37. The van der Waals surface area contributed by atoms with Crippen LogP contribution in [0.25, 0.3) is 0 Å². The number of hydrogen-bond donors (Lipinski definition) is 3. The zero-order chi connectivity index (χ0) is 15.5. The highest BCUT2D eigenvalue weighted by molar-refractivity contribution is 6.30. The van der Waals surface area contributed by atoms with Gasteiger partial charge in [-0.3, -0.25) is 15.0 Å². The van der Waals surface area contributed by atoms with E-state index in [2.05, 4.69) is 16.2 Å². The van der Waals surface area contributed by atoms with Gasteiger partial charge in [-0.25, -0.2) is 5.43 Å². The summed E-state index contributed by atoms with van der Waals surface area (Å²) in [6.45, 7) is 0. The molecule has 1 saturated heterocycles. The summed E-state index contributed by atoms with van der Waals surface area (Å²) < 4.78 is 0. The molecule has 2 atom stereocenters. The second-order valence-electron chi connectivity index (χ2n) is 4.98. The Morgan fingerprint density at radius 3 is 2.41 bits per heavy atom. The van der Waals surface area contributed by atoms with Gasteiger partial charge in [0.1, 0.15) is 6.04 Å². The second-order valence-corrected chi connectivity index (χ2v) is 5.42. The minimum absolute atomic E-state index is 0.267. The predicted octanol–water partition coefficient (Wildman–Crippen LogP) is 1.81. The van der Waals surface area contributed by atoms with Crippen LogP contribution in [-0.2, 0) is 4.79 Å². The lowest BCUT2D eigenvalue weighted by molar-refractivity contribution is -0.121. The van der Waals surface area contributed by atoms with E-state index in [-0.39, 0.29) is 17.9 Å². The summed E-state index contributed by atoms with van der Waals surface area (Å²) in [7, 11) is 0. The summed E-state index contributed by atoms with van der Waals surface area (Å²) in [6, 6.07) is 15.0. The van der Waals surface area contributed by atoms with Crippen LogP contribution in [0.1, 0.15) is 22.0 Å². The van der Waals surface area contributed by atoms with Crippen molar-refractivity contribution in [2.45, 2.75) is 12.1 Å². The van der Waals surface area contributed by atoms with Crippen molar-refractivity contribution < 1.29 is 9.59 Å². The third kappa shape index (κ3) is 2.95. The van der Waals surface area contributed by atoms with Gasteiger partial charge >= 0.3 is 0 Å². The Balaban J connectivity index is 1.78. The zero-order valence-electron chi connectivity index (χ0n) is 11.5. The van der Waals surface area contributed by atoms with Crippen LogP contribution in [-0.4, -0.2) is 17.9 Å². The van der Waals surface area contributed by atoms with Gasteiger partial charge in [0.25, 0.3) is 11.8 Å². The molecule has 3 rings (SSSR count). The number of carbonyl (C=O) groups excluding carboxylic acids is 2. The second kappa shape index (κ2) is 6.17. The molecule has 0 unspecified atom stereocenters. The van der Waals surface area contributed by atoms with Crippen LogP contribution < -0.4 is 16.2 Å². The maximum atomic E-state index is 12.3. The van der Waals surface area contributed by atoms with Gasteiger partial charge in [-0.2, -0.15) is 0 Å². The van der Waals surface area contributed by atoms with Gasteiger partial charge in [0, 0.05) is 10.6 Å². The lowest BCUT2D eigenvalue weighted by Gasteiger charge is -2.18. The van der Waals surface area contributed by atoms with Gasteiger partial charge < -0.3 is 5.32 Å². The van der Waals surface area contributed by atoms with Crippen molar-refractivity contribution in [3.05, 3.63) is 70.7 Å². The minimum Gasteiger partial charge on any atom is -0.338 e. The molecule has 1 heterocycles. The fraction of sp³-hybridized carbons (Fsp3) is 0.125. The molecule has 5 nitrogen and oxygen atoms in total. The standard InChI is InChI=1S/C16H14ClN3O2/c17-12-8-6-11(7-9-12)15(21)18-14-13(19-20-16(14)22)10-4-2-1-3-5-10/h1-9,13-14,19H,(H,18,21)(H,20,22)/t13-,14+/m0/s1. The first-order chi connectivity index (χ1) is 10.6. The summed E-state index contributed by atoms with van der Waals surface area (Å²) in [5.41, 5.74) is 6.84. The first-order valence-corrected chi connectivity index (χ1v) is 7.20. The Labute approximate surface area is 132 Å². The highest BCUT2D eigenvalue weighted by Gasteiger charge is 2.36. The summed E-state index contributed by atoms with van der Waals surface area (Å²) in [4.78, 5) is 24.2. The van der Waals surface area contributed by atoms with Crippen LogP contribution in [0.4, 0.5) is 0 Å². The molecule has 0 aromatic heterocycles. The van der Waals surface area contributed by atoms with Crippen molar-refractivity contribution in [1.82, 2.24) is 16.2 Å². The van der Waals surface area contributed by atoms with E-state index in [4.69, 9.17) is 11.6 Å². The highest BCUT2D eigenvalue weighted by atomic mass is 35.5. The Kier molecular flexibility index (Phi) is 4.09. The summed E-state index contributed by atoms with van der Waals surface area (Å²) in [5.74, 6) is -0.586. The number of benzene rings is 2. The molecule has 1 aliphatic heterocycles. The molecule has 2 aromatic rings. The van der Waals surface area contributed by atoms with Crippen molar-refractivity contribution in [1.29, 1.82) is 0 Å². The number of rotatable bonds is 3. The number of carbonyl (C=O) groups is 2. The van der Waals surface area contributed by atoms with Crippen molar-refractivity contribution in [2.75, 3.05) is 0 Å². The highest BCUT2D eigenvalue weighted by Crippen LogP contribution is 2.20. The predicted molar refractivity (Wildman–Crippen MR) is 83.2 cm³/mol. The van der Waals surface area contributed by atoms with Crippen molar-refractivity contribution in [3.8, 4) is 0 Å². The molecule has 0 radical (unpaired) electrons. The summed E-state index contributed by atoms with van der Waals surface area (Å²) >= 11 is 5.81.